The number of alkyl halides is 9. The van der Waals surface area contributed by atoms with Crippen LogP contribution in [0.25, 0.3) is 16.8 Å². The quantitative estimate of drug-likeness (QED) is 0.233. The van der Waals surface area contributed by atoms with Crippen LogP contribution in [0.1, 0.15) is 40.8 Å². The second-order valence-electron chi connectivity index (χ2n) is 10.0. The van der Waals surface area contributed by atoms with E-state index in [4.69, 9.17) is 4.74 Å². The van der Waals surface area contributed by atoms with E-state index < -0.39 is 59.3 Å². The van der Waals surface area contributed by atoms with Crippen molar-refractivity contribution in [2.75, 3.05) is 0 Å². The van der Waals surface area contributed by atoms with Gasteiger partial charge in [-0.2, -0.15) is 44.6 Å². The number of hydrogen-bond donors (Lipinski definition) is 1. The molecule has 0 radical (unpaired) electrons. The molecule has 3 aromatic carbocycles. The lowest BCUT2D eigenvalue weighted by Crippen LogP contribution is -2.35. The average molecular weight is 615 g/mol. The van der Waals surface area contributed by atoms with Gasteiger partial charge in [-0.3, -0.25) is 0 Å². The van der Waals surface area contributed by atoms with Crippen LogP contribution in [0.5, 0.6) is 0 Å². The number of benzene rings is 3. The van der Waals surface area contributed by atoms with E-state index in [1.54, 1.807) is 47.4 Å². The second kappa shape index (κ2) is 11.0. The summed E-state index contributed by atoms with van der Waals surface area (Å²) < 4.78 is 129. The van der Waals surface area contributed by atoms with Gasteiger partial charge < -0.3 is 9.84 Å². The summed E-state index contributed by atoms with van der Waals surface area (Å²) in [4.78, 5) is 1.16. The van der Waals surface area contributed by atoms with Crippen molar-refractivity contribution in [3.63, 3.8) is 0 Å². The molecule has 1 saturated heterocycles. The number of aliphatic hydroxyl groups excluding tert-OH is 1. The Kier molecular flexibility index (Phi) is 7.82. The smallest absolute Gasteiger partial charge is 0.356 e. The summed E-state index contributed by atoms with van der Waals surface area (Å²) in [6.07, 6.45) is -15.0. The summed E-state index contributed by atoms with van der Waals surface area (Å²) in [5.41, 5.74) is -3.05. The molecule has 4 aromatic rings. The molecule has 1 unspecified atom stereocenters. The van der Waals surface area contributed by atoms with Crippen molar-refractivity contribution < 1.29 is 49.4 Å². The molecule has 228 valence electrons. The van der Waals surface area contributed by atoms with Gasteiger partial charge in [-0.1, -0.05) is 18.2 Å². The van der Waals surface area contributed by atoms with E-state index in [0.29, 0.717) is 28.9 Å². The third-order valence-corrected chi connectivity index (χ3v) is 7.16. The Morgan fingerprint density at radius 3 is 2.02 bits per heavy atom. The Hall–Kier alpha value is -3.88. The molecule has 2 heterocycles. The van der Waals surface area contributed by atoms with Gasteiger partial charge in [-0.05, 0) is 77.7 Å². The maximum absolute atomic E-state index is 13.7. The maximum Gasteiger partial charge on any atom is 0.416 e. The number of aliphatic hydroxyl groups is 1. The van der Waals surface area contributed by atoms with Crippen molar-refractivity contribution in [3.8, 4) is 16.8 Å². The first-order valence-electron chi connectivity index (χ1n) is 12.7. The van der Waals surface area contributed by atoms with Gasteiger partial charge in [0.1, 0.15) is 6.10 Å². The molecule has 0 saturated carbocycles. The van der Waals surface area contributed by atoms with Gasteiger partial charge in [0.15, 0.2) is 0 Å². The number of aromatic nitrogens is 2. The van der Waals surface area contributed by atoms with E-state index in [-0.39, 0.29) is 18.2 Å². The van der Waals surface area contributed by atoms with Crippen LogP contribution in [0.15, 0.2) is 79.1 Å². The molecule has 43 heavy (non-hydrogen) atoms. The van der Waals surface area contributed by atoms with Crippen LogP contribution >= 0.6 is 0 Å². The lowest BCUT2D eigenvalue weighted by molar-refractivity contribution is -0.154. The standard InChI is InChI=1S/C29H22F9N3O2/c1-16-25(18-10-21(28(33,34)35)14-22(11-18)29(36,37)38)43-26(42)40(16)15-19-12-20(27(30,31)32)6-7-24(19)17-4-2-5-23(13-17)41-9-3-8-39-41/h2-14,16,25-26,42H,15H2,1H3/t16-,25-,26?/m0/s1. The van der Waals surface area contributed by atoms with Crippen LogP contribution in [0.3, 0.4) is 0 Å². The number of rotatable bonds is 5. The third kappa shape index (κ3) is 6.40. The fraction of sp³-hybridized carbons (Fsp3) is 0.276. The van der Waals surface area contributed by atoms with Gasteiger partial charge in [0.05, 0.1) is 22.4 Å². The minimum Gasteiger partial charge on any atom is -0.356 e. The molecule has 1 aromatic heterocycles. The largest absolute Gasteiger partial charge is 0.416 e. The molecule has 3 atom stereocenters. The Morgan fingerprint density at radius 1 is 0.791 bits per heavy atom. The van der Waals surface area contributed by atoms with Gasteiger partial charge in [0, 0.05) is 25.0 Å². The summed E-state index contributed by atoms with van der Waals surface area (Å²) in [7, 11) is 0. The van der Waals surface area contributed by atoms with Crippen LogP contribution in [0, 0.1) is 0 Å². The van der Waals surface area contributed by atoms with Crippen LogP contribution in [0.4, 0.5) is 39.5 Å². The predicted octanol–water partition coefficient (Wildman–Crippen LogP) is 7.83. The van der Waals surface area contributed by atoms with Crippen molar-refractivity contribution in [2.24, 2.45) is 0 Å². The number of halogens is 9. The number of hydrogen-bond acceptors (Lipinski definition) is 4. The highest BCUT2D eigenvalue weighted by atomic mass is 19.4. The zero-order valence-electron chi connectivity index (χ0n) is 22.0. The lowest BCUT2D eigenvalue weighted by Gasteiger charge is -2.26. The highest BCUT2D eigenvalue weighted by molar-refractivity contribution is 5.70. The summed E-state index contributed by atoms with van der Waals surface area (Å²) in [6, 6.07) is 11.4. The summed E-state index contributed by atoms with van der Waals surface area (Å²) >= 11 is 0. The topological polar surface area (TPSA) is 50.5 Å². The first-order chi connectivity index (χ1) is 20.0. The number of nitrogens with zero attached hydrogens (tertiary/aromatic N) is 3. The molecular formula is C29H22F9N3O2. The summed E-state index contributed by atoms with van der Waals surface area (Å²) in [5, 5.41) is 14.8. The van der Waals surface area contributed by atoms with Gasteiger partial charge in [0.25, 0.3) is 0 Å². The van der Waals surface area contributed by atoms with E-state index in [2.05, 4.69) is 5.10 Å². The predicted molar refractivity (Wildman–Crippen MR) is 135 cm³/mol. The molecule has 1 aliphatic heterocycles. The Labute approximate surface area is 238 Å². The van der Waals surface area contributed by atoms with E-state index >= 15 is 0 Å². The molecule has 0 bridgehead atoms. The summed E-state index contributed by atoms with van der Waals surface area (Å²) in [6.45, 7) is 1.01. The normalized spacial score (nSPS) is 20.1. The van der Waals surface area contributed by atoms with Crippen molar-refractivity contribution in [2.45, 2.75) is 50.6 Å². The van der Waals surface area contributed by atoms with Gasteiger partial charge in [-0.25, -0.2) is 9.58 Å². The lowest BCUT2D eigenvalue weighted by atomic mass is 9.95. The zero-order valence-corrected chi connectivity index (χ0v) is 22.0. The fourth-order valence-electron chi connectivity index (χ4n) is 5.04. The Morgan fingerprint density at radius 2 is 1.44 bits per heavy atom. The van der Waals surface area contributed by atoms with Crippen molar-refractivity contribution >= 4 is 0 Å². The van der Waals surface area contributed by atoms with E-state index in [0.717, 1.165) is 17.0 Å². The molecule has 1 fully saturated rings. The zero-order chi connectivity index (χ0) is 31.3. The van der Waals surface area contributed by atoms with E-state index in [1.807, 2.05) is 0 Å². The minimum absolute atomic E-state index is 0.0242. The molecule has 0 aliphatic carbocycles. The van der Waals surface area contributed by atoms with E-state index in [1.165, 1.54) is 13.0 Å². The van der Waals surface area contributed by atoms with Crippen molar-refractivity contribution in [1.82, 2.24) is 14.7 Å². The van der Waals surface area contributed by atoms with Crippen LogP contribution in [0.2, 0.25) is 0 Å². The fourth-order valence-corrected chi connectivity index (χ4v) is 5.04. The minimum atomic E-state index is -5.10. The van der Waals surface area contributed by atoms with Crippen molar-refractivity contribution in [3.05, 3.63) is 107 Å². The Bertz CT molecular complexity index is 1570. The molecule has 5 nitrogen and oxygen atoms in total. The molecule has 1 aliphatic rings. The van der Waals surface area contributed by atoms with Crippen LogP contribution in [-0.4, -0.2) is 32.2 Å². The van der Waals surface area contributed by atoms with Crippen LogP contribution < -0.4 is 0 Å². The molecule has 14 heteroatoms. The monoisotopic (exact) mass is 615 g/mol. The Balaban J connectivity index is 1.53. The molecule has 1 N–H and O–H groups in total. The van der Waals surface area contributed by atoms with Gasteiger partial charge in [0.2, 0.25) is 6.41 Å². The number of ether oxygens (including phenoxy) is 1. The van der Waals surface area contributed by atoms with Gasteiger partial charge >= 0.3 is 18.5 Å². The molecule has 0 amide bonds. The summed E-state index contributed by atoms with van der Waals surface area (Å²) in [5.74, 6) is 0. The highest BCUT2D eigenvalue weighted by Gasteiger charge is 2.43. The first kappa shape index (κ1) is 30.6. The molecular weight excluding hydrogens is 593 g/mol. The van der Waals surface area contributed by atoms with Crippen molar-refractivity contribution in [1.29, 1.82) is 0 Å². The maximum atomic E-state index is 13.7. The first-order valence-corrected chi connectivity index (χ1v) is 12.7. The van der Waals surface area contributed by atoms with Gasteiger partial charge in [-0.15, -0.1) is 0 Å². The molecule has 5 rings (SSSR count). The van der Waals surface area contributed by atoms with E-state index in [9.17, 15) is 44.6 Å². The second-order valence-corrected chi connectivity index (χ2v) is 10.0. The third-order valence-electron chi connectivity index (χ3n) is 7.16. The molecule has 0 spiro atoms. The average Bonchev–Trinajstić information content (AvgIpc) is 3.56. The SMILES string of the molecule is C[C@H]1[C@@H](c2cc(C(F)(F)F)cc(C(F)(F)F)c2)OC(O)N1Cc1cc(C(F)(F)F)ccc1-c1cccc(-n2cccn2)c1. The van der Waals surface area contributed by atoms with Crippen LogP contribution in [-0.2, 0) is 29.8 Å². The highest BCUT2D eigenvalue weighted by Crippen LogP contribution is 2.42.